The van der Waals surface area contributed by atoms with Gasteiger partial charge in [0, 0.05) is 41.5 Å². The van der Waals surface area contributed by atoms with Crippen molar-refractivity contribution in [2.45, 2.75) is 31.8 Å². The zero-order valence-electron chi connectivity index (χ0n) is 18.1. The van der Waals surface area contributed by atoms with Crippen LogP contribution in [0.25, 0.3) is 32.1 Å². The summed E-state index contributed by atoms with van der Waals surface area (Å²) in [4.78, 5) is 11.2. The molecule has 4 heterocycles. The lowest BCUT2D eigenvalue weighted by molar-refractivity contribution is 0.464. The number of benzene rings is 2. The summed E-state index contributed by atoms with van der Waals surface area (Å²) in [6, 6.07) is 7.12. The van der Waals surface area contributed by atoms with Crippen molar-refractivity contribution in [3.05, 3.63) is 46.2 Å². The van der Waals surface area contributed by atoms with Crippen LogP contribution in [0.5, 0.6) is 0 Å². The SMILES string of the molecule is Cc1nc(N2CC3CCC(C2)N3)c2cc(Cl)c(-c3ccc(F)c4sc(N)c(C#N)c34)c(F)c2n1. The van der Waals surface area contributed by atoms with E-state index in [1.54, 1.807) is 13.0 Å². The fourth-order valence-corrected chi connectivity index (χ4v) is 6.50. The third-order valence-electron chi connectivity index (χ3n) is 6.69. The fraction of sp³-hybridized carbons (Fsp3) is 0.292. The van der Waals surface area contributed by atoms with Gasteiger partial charge in [-0.3, -0.25) is 0 Å². The van der Waals surface area contributed by atoms with Gasteiger partial charge in [0.25, 0.3) is 0 Å². The predicted octanol–water partition coefficient (Wildman–Crippen LogP) is 5.15. The second kappa shape index (κ2) is 7.73. The largest absolute Gasteiger partial charge is 0.389 e. The zero-order chi connectivity index (χ0) is 23.7. The summed E-state index contributed by atoms with van der Waals surface area (Å²) in [5.74, 6) is -0.0470. The standard InChI is InChI=1S/C24H19ClF2N6S/c1-10-30-21-14(24(31-10)33-8-11-2-3-12(9-33)32-11)6-16(25)19(20(21)27)13-4-5-17(26)22-18(13)15(7-28)23(29)34-22/h4-6,11-12,32H,2-3,8-9,29H2,1H3. The van der Waals surface area contributed by atoms with Crippen LogP contribution in [0, 0.1) is 29.9 Å². The smallest absolute Gasteiger partial charge is 0.158 e. The molecule has 2 aliphatic heterocycles. The summed E-state index contributed by atoms with van der Waals surface area (Å²) in [6.07, 6.45) is 2.21. The highest BCUT2D eigenvalue weighted by Gasteiger charge is 2.34. The lowest BCUT2D eigenvalue weighted by Crippen LogP contribution is -2.51. The Morgan fingerprint density at radius 2 is 1.97 bits per heavy atom. The van der Waals surface area contributed by atoms with Crippen LogP contribution in [-0.2, 0) is 0 Å². The number of nitriles is 1. The number of fused-ring (bicyclic) bond motifs is 4. The highest BCUT2D eigenvalue weighted by atomic mass is 35.5. The molecule has 6 nitrogen and oxygen atoms in total. The van der Waals surface area contributed by atoms with Crippen LogP contribution in [-0.4, -0.2) is 35.1 Å². The van der Waals surface area contributed by atoms with Crippen LogP contribution >= 0.6 is 22.9 Å². The fourth-order valence-electron chi connectivity index (χ4n) is 5.26. The van der Waals surface area contributed by atoms with E-state index < -0.39 is 11.6 Å². The van der Waals surface area contributed by atoms with E-state index in [0.717, 1.165) is 37.3 Å². The van der Waals surface area contributed by atoms with Crippen LogP contribution in [0.3, 0.4) is 0 Å². The maximum absolute atomic E-state index is 16.2. The first kappa shape index (κ1) is 21.5. The Morgan fingerprint density at radius 1 is 1.24 bits per heavy atom. The molecule has 2 saturated heterocycles. The molecule has 10 heteroatoms. The Hall–Kier alpha value is -3.06. The second-order valence-corrected chi connectivity index (χ2v) is 10.3. The Balaban J connectivity index is 1.61. The number of nitrogens with one attached hydrogen (secondary N) is 1. The van der Waals surface area contributed by atoms with Gasteiger partial charge in [-0.2, -0.15) is 5.26 Å². The van der Waals surface area contributed by atoms with Gasteiger partial charge in [0.2, 0.25) is 0 Å². The van der Waals surface area contributed by atoms with Crippen LogP contribution in [0.4, 0.5) is 19.6 Å². The van der Waals surface area contributed by atoms with E-state index >= 15 is 4.39 Å². The average molecular weight is 497 g/mol. The van der Waals surface area contributed by atoms with Crippen molar-refractivity contribution in [1.82, 2.24) is 15.3 Å². The van der Waals surface area contributed by atoms with E-state index in [-0.39, 0.29) is 36.8 Å². The van der Waals surface area contributed by atoms with Crippen molar-refractivity contribution >= 4 is 54.7 Å². The van der Waals surface area contributed by atoms with Gasteiger partial charge in [-0.15, -0.1) is 11.3 Å². The first-order valence-electron chi connectivity index (χ1n) is 10.9. The monoisotopic (exact) mass is 496 g/mol. The summed E-state index contributed by atoms with van der Waals surface area (Å²) in [5, 5.41) is 14.3. The van der Waals surface area contributed by atoms with Crippen molar-refractivity contribution in [1.29, 1.82) is 5.26 Å². The van der Waals surface area contributed by atoms with E-state index in [1.165, 1.54) is 12.1 Å². The Labute approximate surface area is 203 Å². The molecule has 2 aliphatic rings. The lowest BCUT2D eigenvalue weighted by atomic mass is 9.97. The second-order valence-electron chi connectivity index (χ2n) is 8.83. The van der Waals surface area contributed by atoms with Gasteiger partial charge < -0.3 is 16.0 Å². The summed E-state index contributed by atoms with van der Waals surface area (Å²) < 4.78 is 30.9. The Bertz CT molecular complexity index is 1530. The van der Waals surface area contributed by atoms with Crippen LogP contribution in [0.15, 0.2) is 18.2 Å². The molecule has 2 atom stereocenters. The highest BCUT2D eigenvalue weighted by Crippen LogP contribution is 2.45. The minimum absolute atomic E-state index is 0.0675. The Morgan fingerprint density at radius 3 is 2.68 bits per heavy atom. The van der Waals surface area contributed by atoms with Gasteiger partial charge in [-0.25, -0.2) is 18.7 Å². The van der Waals surface area contributed by atoms with E-state index in [4.69, 9.17) is 17.3 Å². The topological polar surface area (TPSA) is 90.9 Å². The first-order chi connectivity index (χ1) is 16.4. The molecule has 172 valence electrons. The zero-order valence-corrected chi connectivity index (χ0v) is 19.7. The Kier molecular flexibility index (Phi) is 4.88. The number of aromatic nitrogens is 2. The number of rotatable bonds is 2. The quantitative estimate of drug-likeness (QED) is 0.399. The molecule has 2 aromatic carbocycles. The van der Waals surface area contributed by atoms with Gasteiger partial charge >= 0.3 is 0 Å². The van der Waals surface area contributed by atoms with Crippen molar-refractivity contribution in [2.75, 3.05) is 23.7 Å². The summed E-state index contributed by atoms with van der Waals surface area (Å²) in [7, 11) is 0. The number of piperazine rings is 1. The molecule has 0 saturated carbocycles. The minimum atomic E-state index is -0.631. The molecule has 6 rings (SSSR count). The predicted molar refractivity (Wildman–Crippen MR) is 131 cm³/mol. The number of anilines is 2. The average Bonchev–Trinajstić information content (AvgIpc) is 3.33. The van der Waals surface area contributed by atoms with Gasteiger partial charge in [0.15, 0.2) is 5.82 Å². The molecular formula is C24H19ClF2N6S. The molecule has 2 unspecified atom stereocenters. The van der Waals surface area contributed by atoms with E-state index in [9.17, 15) is 9.65 Å². The highest BCUT2D eigenvalue weighted by molar-refractivity contribution is 7.23. The molecular weight excluding hydrogens is 478 g/mol. The number of nitrogens with zero attached hydrogens (tertiary/aromatic N) is 4. The first-order valence-corrected chi connectivity index (χ1v) is 12.1. The number of aryl methyl sites for hydroxylation is 1. The number of thiophene rings is 1. The van der Waals surface area contributed by atoms with Crippen LogP contribution in [0.2, 0.25) is 5.02 Å². The van der Waals surface area contributed by atoms with Crippen LogP contribution < -0.4 is 16.0 Å². The van der Waals surface area contributed by atoms with Gasteiger partial charge in [0.05, 0.1) is 15.3 Å². The molecule has 0 radical (unpaired) electrons. The molecule has 0 spiro atoms. The lowest BCUT2D eigenvalue weighted by Gasteiger charge is -2.34. The number of hydrogen-bond donors (Lipinski definition) is 2. The van der Waals surface area contributed by atoms with Crippen molar-refractivity contribution in [2.24, 2.45) is 0 Å². The third kappa shape index (κ3) is 3.13. The molecule has 2 fully saturated rings. The number of halogens is 3. The van der Waals surface area contributed by atoms with E-state index in [2.05, 4.69) is 20.2 Å². The minimum Gasteiger partial charge on any atom is -0.389 e. The normalized spacial score (nSPS) is 19.8. The number of hydrogen-bond acceptors (Lipinski definition) is 7. The summed E-state index contributed by atoms with van der Waals surface area (Å²) in [5.41, 5.74) is 6.60. The van der Waals surface area contributed by atoms with Gasteiger partial charge in [-0.05, 0) is 37.5 Å². The van der Waals surface area contributed by atoms with Crippen molar-refractivity contribution in [3.8, 4) is 17.2 Å². The summed E-state index contributed by atoms with van der Waals surface area (Å²) in [6.45, 7) is 3.29. The molecule has 2 aromatic heterocycles. The van der Waals surface area contributed by atoms with Gasteiger partial charge in [0.1, 0.15) is 34.0 Å². The molecule has 0 aliphatic carbocycles. The number of nitrogens with two attached hydrogens (primary N) is 1. The maximum atomic E-state index is 16.2. The molecule has 0 amide bonds. The van der Waals surface area contributed by atoms with Crippen molar-refractivity contribution < 1.29 is 8.78 Å². The third-order valence-corrected chi connectivity index (χ3v) is 8.02. The van der Waals surface area contributed by atoms with E-state index in [0.29, 0.717) is 34.7 Å². The van der Waals surface area contributed by atoms with Crippen molar-refractivity contribution in [3.63, 3.8) is 0 Å². The molecule has 4 aromatic rings. The number of nitrogen functional groups attached to an aromatic ring is 1. The summed E-state index contributed by atoms with van der Waals surface area (Å²) >= 11 is 7.64. The maximum Gasteiger partial charge on any atom is 0.158 e. The van der Waals surface area contributed by atoms with E-state index in [1.807, 2.05) is 6.07 Å². The van der Waals surface area contributed by atoms with Gasteiger partial charge in [-0.1, -0.05) is 17.7 Å². The molecule has 34 heavy (non-hydrogen) atoms. The molecule has 2 bridgehead atoms. The van der Waals surface area contributed by atoms with Crippen LogP contribution in [0.1, 0.15) is 24.2 Å². The molecule has 3 N–H and O–H groups in total.